The molecule has 1 amide bonds. The van der Waals surface area contributed by atoms with Gasteiger partial charge in [0, 0.05) is 6.54 Å². The molecule has 0 aliphatic heterocycles. The van der Waals surface area contributed by atoms with E-state index in [2.05, 4.69) is 15.0 Å². The van der Waals surface area contributed by atoms with Crippen LogP contribution in [0.15, 0.2) is 4.99 Å². The first kappa shape index (κ1) is 20.4. The van der Waals surface area contributed by atoms with E-state index in [9.17, 15) is 27.2 Å². The summed E-state index contributed by atoms with van der Waals surface area (Å²) in [5.41, 5.74) is -0.566. The Kier molecular flexibility index (Phi) is 6.38. The third-order valence-electron chi connectivity index (χ3n) is 4.03. The predicted molar refractivity (Wildman–Crippen MR) is 78.0 cm³/mol. The van der Waals surface area contributed by atoms with Crippen molar-refractivity contribution in [3.8, 4) is 0 Å². The van der Waals surface area contributed by atoms with Crippen molar-refractivity contribution < 1.29 is 31.9 Å². The molecule has 0 bridgehead atoms. The average Bonchev–Trinajstić information content (AvgIpc) is 2.41. The SMILES string of the molecule is CC1(C)CC(N=C=O)CC(C)(CNC(=O)OCC(F)(F)C(F)F)C1. The Morgan fingerprint density at radius 3 is 2.54 bits per heavy atom. The largest absolute Gasteiger partial charge is 0.443 e. The predicted octanol–water partition coefficient (Wildman–Crippen LogP) is 3.53. The second-order valence-electron chi connectivity index (χ2n) is 7.43. The number of hydrogen-bond acceptors (Lipinski definition) is 4. The van der Waals surface area contributed by atoms with Crippen LogP contribution in [0.5, 0.6) is 0 Å². The smallest absolute Gasteiger partial charge is 0.407 e. The topological polar surface area (TPSA) is 67.8 Å². The van der Waals surface area contributed by atoms with Crippen LogP contribution in [-0.2, 0) is 9.53 Å². The quantitative estimate of drug-likeness (QED) is 0.451. The van der Waals surface area contributed by atoms with Gasteiger partial charge in [0.05, 0.1) is 6.04 Å². The number of alkyl halides is 4. The number of amides is 1. The highest BCUT2D eigenvalue weighted by Crippen LogP contribution is 2.46. The van der Waals surface area contributed by atoms with Gasteiger partial charge in [0.15, 0.2) is 6.61 Å². The number of rotatable bonds is 6. The molecule has 138 valence electrons. The number of aliphatic imine (C=N–C) groups is 1. The van der Waals surface area contributed by atoms with Gasteiger partial charge in [-0.05, 0) is 30.1 Å². The number of isocyanates is 1. The van der Waals surface area contributed by atoms with E-state index in [-0.39, 0.29) is 18.0 Å². The van der Waals surface area contributed by atoms with Crippen molar-refractivity contribution in [2.24, 2.45) is 15.8 Å². The van der Waals surface area contributed by atoms with Crippen molar-refractivity contribution in [2.45, 2.75) is 58.4 Å². The van der Waals surface area contributed by atoms with Crippen LogP contribution >= 0.6 is 0 Å². The molecular weight excluding hydrogens is 332 g/mol. The van der Waals surface area contributed by atoms with E-state index in [1.54, 1.807) is 0 Å². The van der Waals surface area contributed by atoms with E-state index >= 15 is 0 Å². The first-order chi connectivity index (χ1) is 10.9. The molecule has 0 radical (unpaired) electrons. The maximum atomic E-state index is 12.7. The summed E-state index contributed by atoms with van der Waals surface area (Å²) in [5, 5.41) is 2.33. The lowest BCUT2D eigenvalue weighted by molar-refractivity contribution is -0.154. The molecular formula is C15H22F4N2O3. The van der Waals surface area contributed by atoms with Crippen LogP contribution in [0.2, 0.25) is 0 Å². The van der Waals surface area contributed by atoms with Crippen LogP contribution in [0.1, 0.15) is 40.0 Å². The molecule has 5 nitrogen and oxygen atoms in total. The maximum Gasteiger partial charge on any atom is 0.407 e. The number of hydrogen-bond donors (Lipinski definition) is 1. The molecule has 24 heavy (non-hydrogen) atoms. The van der Waals surface area contributed by atoms with Gasteiger partial charge in [-0.15, -0.1) is 0 Å². The highest BCUT2D eigenvalue weighted by atomic mass is 19.3. The second-order valence-corrected chi connectivity index (χ2v) is 7.43. The summed E-state index contributed by atoms with van der Waals surface area (Å²) in [6.07, 6.45) is -1.63. The first-order valence-electron chi connectivity index (χ1n) is 7.53. The van der Waals surface area contributed by atoms with Crippen molar-refractivity contribution in [1.29, 1.82) is 0 Å². The van der Waals surface area contributed by atoms with Crippen molar-refractivity contribution in [2.75, 3.05) is 13.2 Å². The van der Waals surface area contributed by atoms with Crippen molar-refractivity contribution in [1.82, 2.24) is 5.32 Å². The Labute approximate surface area is 137 Å². The zero-order chi connectivity index (χ0) is 18.6. The number of carbonyl (C=O) groups is 1. The van der Waals surface area contributed by atoms with Gasteiger partial charge < -0.3 is 10.1 Å². The van der Waals surface area contributed by atoms with E-state index in [1.165, 1.54) is 6.08 Å². The molecule has 1 aliphatic carbocycles. The van der Waals surface area contributed by atoms with Gasteiger partial charge in [-0.1, -0.05) is 20.8 Å². The monoisotopic (exact) mass is 354 g/mol. The fourth-order valence-corrected chi connectivity index (χ4v) is 3.44. The highest BCUT2D eigenvalue weighted by Gasteiger charge is 2.43. The highest BCUT2D eigenvalue weighted by molar-refractivity contribution is 5.67. The molecule has 1 aliphatic rings. The van der Waals surface area contributed by atoms with Crippen molar-refractivity contribution >= 4 is 12.2 Å². The van der Waals surface area contributed by atoms with Gasteiger partial charge in [0.1, 0.15) is 0 Å². The Hall–Kier alpha value is -1.63. The summed E-state index contributed by atoms with van der Waals surface area (Å²) in [5.74, 6) is -4.38. The first-order valence-corrected chi connectivity index (χ1v) is 7.53. The minimum Gasteiger partial charge on any atom is -0.443 e. The third-order valence-corrected chi connectivity index (χ3v) is 4.03. The summed E-state index contributed by atoms with van der Waals surface area (Å²) in [6, 6.07) is -0.239. The standard InChI is InChI=1S/C15H22F4N2O3/c1-13(2)4-10(21-9-22)5-14(3,6-13)7-20-12(23)24-8-15(18,19)11(16)17/h10-11H,4-8H2,1-3H3,(H,20,23). The second kappa shape index (κ2) is 7.51. The zero-order valence-corrected chi connectivity index (χ0v) is 13.9. The van der Waals surface area contributed by atoms with Gasteiger partial charge in [-0.2, -0.15) is 8.78 Å². The molecule has 0 aromatic rings. The van der Waals surface area contributed by atoms with E-state index in [4.69, 9.17) is 0 Å². The fraction of sp³-hybridized carbons (Fsp3) is 0.867. The molecule has 1 saturated carbocycles. The molecule has 2 atom stereocenters. The normalized spacial score (nSPS) is 26.6. The number of halogens is 4. The molecule has 0 heterocycles. The van der Waals surface area contributed by atoms with Crippen molar-refractivity contribution in [3.63, 3.8) is 0 Å². The molecule has 0 saturated heterocycles. The van der Waals surface area contributed by atoms with Crippen molar-refractivity contribution in [3.05, 3.63) is 0 Å². The minimum atomic E-state index is -4.38. The number of ether oxygens (including phenoxy) is 1. The maximum absolute atomic E-state index is 12.7. The third kappa shape index (κ3) is 6.11. The van der Waals surface area contributed by atoms with Gasteiger partial charge in [-0.25, -0.2) is 23.4 Å². The molecule has 0 aromatic carbocycles. The lowest BCUT2D eigenvalue weighted by Crippen LogP contribution is -2.45. The van der Waals surface area contributed by atoms with Gasteiger partial charge in [0.25, 0.3) is 0 Å². The molecule has 9 heteroatoms. The molecule has 1 N–H and O–H groups in total. The van der Waals surface area contributed by atoms with Crippen LogP contribution in [0.25, 0.3) is 0 Å². The lowest BCUT2D eigenvalue weighted by atomic mass is 9.63. The Balaban J connectivity index is 2.58. The number of nitrogens with one attached hydrogen (secondary N) is 1. The van der Waals surface area contributed by atoms with Gasteiger partial charge in [-0.3, -0.25) is 0 Å². The number of carbonyl (C=O) groups excluding carboxylic acids is 2. The molecule has 0 aromatic heterocycles. The van der Waals surface area contributed by atoms with E-state index in [1.807, 2.05) is 20.8 Å². The van der Waals surface area contributed by atoms with Crippen LogP contribution in [0, 0.1) is 10.8 Å². The molecule has 2 unspecified atom stereocenters. The van der Waals surface area contributed by atoms with E-state index in [0.29, 0.717) is 19.3 Å². The van der Waals surface area contributed by atoms with Crippen LogP contribution in [0.3, 0.4) is 0 Å². The number of nitrogens with zero attached hydrogens (tertiary/aromatic N) is 1. The summed E-state index contributed by atoms with van der Waals surface area (Å²) in [4.78, 5) is 25.7. The number of alkyl carbamates (subject to hydrolysis) is 1. The van der Waals surface area contributed by atoms with E-state index in [0.717, 1.165) is 0 Å². The average molecular weight is 354 g/mol. The summed E-state index contributed by atoms with van der Waals surface area (Å²) >= 11 is 0. The van der Waals surface area contributed by atoms with E-state index < -0.39 is 30.5 Å². The Morgan fingerprint density at radius 1 is 1.38 bits per heavy atom. The van der Waals surface area contributed by atoms with Gasteiger partial charge >= 0.3 is 18.4 Å². The Bertz CT molecular complexity index is 507. The zero-order valence-electron chi connectivity index (χ0n) is 13.9. The summed E-state index contributed by atoms with van der Waals surface area (Å²) in [7, 11) is 0. The minimum absolute atomic E-state index is 0.0976. The fourth-order valence-electron chi connectivity index (χ4n) is 3.44. The summed E-state index contributed by atoms with van der Waals surface area (Å²) in [6.45, 7) is 4.28. The molecule has 1 rings (SSSR count). The van der Waals surface area contributed by atoms with Crippen LogP contribution in [-0.4, -0.2) is 43.7 Å². The Morgan fingerprint density at radius 2 is 2.00 bits per heavy atom. The summed E-state index contributed by atoms with van der Waals surface area (Å²) < 4.78 is 53.6. The lowest BCUT2D eigenvalue weighted by Gasteiger charge is -2.45. The molecule has 1 fully saturated rings. The van der Waals surface area contributed by atoms with Gasteiger partial charge in [0.2, 0.25) is 6.08 Å². The van der Waals surface area contributed by atoms with Crippen LogP contribution < -0.4 is 5.32 Å². The van der Waals surface area contributed by atoms with Crippen LogP contribution in [0.4, 0.5) is 22.4 Å². The molecule has 0 spiro atoms.